The van der Waals surface area contributed by atoms with Crippen LogP contribution in [0.15, 0.2) is 0 Å². The Hall–Kier alpha value is 0.110. The molecular formula is C5H12ClF2N. The summed E-state index contributed by atoms with van der Waals surface area (Å²) in [4.78, 5) is 0. The fourth-order valence-corrected chi connectivity index (χ4v) is 0.388. The lowest BCUT2D eigenvalue weighted by molar-refractivity contribution is -0.00875. The highest BCUT2D eigenvalue weighted by Gasteiger charge is 2.23. The Morgan fingerprint density at radius 1 is 1.44 bits per heavy atom. The summed E-state index contributed by atoms with van der Waals surface area (Å²) in [6.45, 7) is 1.52. The minimum Gasteiger partial charge on any atom is -0.330 e. The maximum atomic E-state index is 12.1. The monoisotopic (exact) mass is 159 g/mol. The highest BCUT2D eigenvalue weighted by atomic mass is 35.5. The van der Waals surface area contributed by atoms with Crippen molar-refractivity contribution in [2.45, 2.75) is 25.7 Å². The molecule has 0 aromatic rings. The van der Waals surface area contributed by atoms with Gasteiger partial charge in [-0.05, 0) is 6.54 Å². The van der Waals surface area contributed by atoms with Crippen molar-refractivity contribution in [3.05, 3.63) is 0 Å². The summed E-state index contributed by atoms with van der Waals surface area (Å²) in [6.07, 6.45) is -0.298. The van der Waals surface area contributed by atoms with E-state index in [-0.39, 0.29) is 31.8 Å². The van der Waals surface area contributed by atoms with Gasteiger partial charge in [0.15, 0.2) is 0 Å². The fourth-order valence-electron chi connectivity index (χ4n) is 0.388. The zero-order chi connectivity index (χ0) is 6.62. The van der Waals surface area contributed by atoms with E-state index in [0.29, 0.717) is 0 Å². The van der Waals surface area contributed by atoms with Gasteiger partial charge in [-0.1, -0.05) is 6.92 Å². The average Bonchev–Trinajstić information content (AvgIpc) is 1.67. The van der Waals surface area contributed by atoms with Crippen molar-refractivity contribution in [3.63, 3.8) is 0 Å². The normalized spacial score (nSPS) is 10.7. The largest absolute Gasteiger partial charge is 0.330 e. The van der Waals surface area contributed by atoms with Crippen LogP contribution in [0.1, 0.15) is 19.8 Å². The van der Waals surface area contributed by atoms with Crippen LogP contribution in [0.3, 0.4) is 0 Å². The number of alkyl halides is 2. The van der Waals surface area contributed by atoms with Crippen molar-refractivity contribution in [1.82, 2.24) is 0 Å². The van der Waals surface area contributed by atoms with E-state index in [9.17, 15) is 8.78 Å². The molecule has 0 aromatic heterocycles. The Morgan fingerprint density at radius 2 is 1.89 bits per heavy atom. The first-order valence-electron chi connectivity index (χ1n) is 2.70. The maximum absolute atomic E-state index is 12.1. The minimum absolute atomic E-state index is 0. The Kier molecular flexibility index (Phi) is 6.51. The molecule has 0 aliphatic carbocycles. The van der Waals surface area contributed by atoms with E-state index in [1.807, 2.05) is 0 Å². The second-order valence-electron chi connectivity index (χ2n) is 1.75. The van der Waals surface area contributed by atoms with E-state index < -0.39 is 5.92 Å². The molecule has 0 spiro atoms. The predicted octanol–water partition coefficient (Wildman–Crippen LogP) is 1.80. The molecule has 0 aliphatic rings. The molecule has 0 bridgehead atoms. The fraction of sp³-hybridized carbons (Fsp3) is 1.00. The lowest BCUT2D eigenvalue weighted by atomic mass is 10.2. The molecular weight excluding hydrogens is 148 g/mol. The van der Waals surface area contributed by atoms with Gasteiger partial charge in [-0.3, -0.25) is 0 Å². The molecule has 0 aliphatic heterocycles. The van der Waals surface area contributed by atoms with Crippen molar-refractivity contribution >= 4 is 12.4 Å². The van der Waals surface area contributed by atoms with Gasteiger partial charge >= 0.3 is 0 Å². The van der Waals surface area contributed by atoms with Crippen LogP contribution in [-0.4, -0.2) is 12.5 Å². The molecule has 9 heavy (non-hydrogen) atoms. The van der Waals surface area contributed by atoms with Crippen LogP contribution in [0.4, 0.5) is 8.78 Å². The molecule has 0 heterocycles. The molecule has 0 rings (SSSR count). The lowest BCUT2D eigenvalue weighted by Crippen LogP contribution is -2.19. The van der Waals surface area contributed by atoms with Gasteiger partial charge in [0, 0.05) is 12.8 Å². The molecule has 0 saturated heterocycles. The van der Waals surface area contributed by atoms with Gasteiger partial charge in [0.1, 0.15) is 0 Å². The third-order valence-corrected chi connectivity index (χ3v) is 1.03. The topological polar surface area (TPSA) is 26.0 Å². The molecule has 0 fully saturated rings. The van der Waals surface area contributed by atoms with Crippen LogP contribution in [0.5, 0.6) is 0 Å². The summed E-state index contributed by atoms with van der Waals surface area (Å²) >= 11 is 0. The summed E-state index contributed by atoms with van der Waals surface area (Å²) < 4.78 is 24.1. The number of nitrogens with two attached hydrogens (primary N) is 1. The number of hydrogen-bond donors (Lipinski definition) is 1. The lowest BCUT2D eigenvalue weighted by Gasteiger charge is -2.10. The van der Waals surface area contributed by atoms with E-state index in [0.717, 1.165) is 0 Å². The second-order valence-corrected chi connectivity index (χ2v) is 1.75. The van der Waals surface area contributed by atoms with E-state index in [1.165, 1.54) is 6.92 Å². The Morgan fingerprint density at radius 3 is 2.00 bits per heavy atom. The van der Waals surface area contributed by atoms with E-state index >= 15 is 0 Å². The van der Waals surface area contributed by atoms with Crippen LogP contribution in [0.25, 0.3) is 0 Å². The Labute approximate surface area is 60.0 Å². The van der Waals surface area contributed by atoms with Gasteiger partial charge in [0.25, 0.3) is 0 Å². The third-order valence-electron chi connectivity index (χ3n) is 1.03. The highest BCUT2D eigenvalue weighted by Crippen LogP contribution is 2.20. The Bertz CT molecular complexity index is 68.0. The van der Waals surface area contributed by atoms with Gasteiger partial charge in [0.05, 0.1) is 0 Å². The van der Waals surface area contributed by atoms with Crippen LogP contribution in [0, 0.1) is 0 Å². The van der Waals surface area contributed by atoms with Crippen LogP contribution in [0.2, 0.25) is 0 Å². The molecule has 2 N–H and O–H groups in total. The zero-order valence-corrected chi connectivity index (χ0v) is 6.18. The molecule has 0 atom stereocenters. The van der Waals surface area contributed by atoms with Crippen molar-refractivity contribution in [2.75, 3.05) is 6.54 Å². The average molecular weight is 160 g/mol. The van der Waals surface area contributed by atoms with Crippen molar-refractivity contribution in [2.24, 2.45) is 5.73 Å². The molecule has 1 nitrogen and oxygen atoms in total. The van der Waals surface area contributed by atoms with Gasteiger partial charge in [-0.15, -0.1) is 12.4 Å². The predicted molar refractivity (Wildman–Crippen MR) is 36.2 cm³/mol. The molecule has 4 heteroatoms. The van der Waals surface area contributed by atoms with Crippen molar-refractivity contribution in [3.8, 4) is 0 Å². The first-order chi connectivity index (χ1) is 3.62. The van der Waals surface area contributed by atoms with Gasteiger partial charge in [-0.25, -0.2) is 8.78 Å². The first kappa shape index (κ1) is 11.9. The molecule has 58 valence electrons. The summed E-state index contributed by atoms with van der Waals surface area (Å²) in [5.74, 6) is -2.53. The summed E-state index contributed by atoms with van der Waals surface area (Å²) in [5, 5.41) is 0. The van der Waals surface area contributed by atoms with Gasteiger partial charge < -0.3 is 5.73 Å². The third kappa shape index (κ3) is 5.99. The maximum Gasteiger partial charge on any atom is 0.249 e. The van der Waals surface area contributed by atoms with E-state index in [2.05, 4.69) is 0 Å². The molecule has 0 radical (unpaired) electrons. The molecule has 0 aromatic carbocycles. The standard InChI is InChI=1S/C5H11F2N.ClH/c1-2-5(6,7)3-4-8;/h2-4,8H2,1H3;1H. The van der Waals surface area contributed by atoms with Crippen molar-refractivity contribution in [1.29, 1.82) is 0 Å². The summed E-state index contributed by atoms with van der Waals surface area (Å²) in [7, 11) is 0. The number of rotatable bonds is 3. The SMILES string of the molecule is CCC(F)(F)CCN.Cl. The molecule has 0 saturated carbocycles. The van der Waals surface area contributed by atoms with Crippen molar-refractivity contribution < 1.29 is 8.78 Å². The van der Waals surface area contributed by atoms with E-state index in [1.54, 1.807) is 0 Å². The number of halogens is 3. The Balaban J connectivity index is 0. The number of hydrogen-bond acceptors (Lipinski definition) is 1. The minimum atomic E-state index is -2.53. The quantitative estimate of drug-likeness (QED) is 0.668. The summed E-state index contributed by atoms with van der Waals surface area (Å²) in [6, 6.07) is 0. The smallest absolute Gasteiger partial charge is 0.249 e. The highest BCUT2D eigenvalue weighted by molar-refractivity contribution is 5.85. The second kappa shape index (κ2) is 4.94. The van der Waals surface area contributed by atoms with E-state index in [4.69, 9.17) is 5.73 Å². The van der Waals surface area contributed by atoms with Gasteiger partial charge in [-0.2, -0.15) is 0 Å². The molecule has 0 amide bonds. The van der Waals surface area contributed by atoms with Crippen LogP contribution < -0.4 is 5.73 Å². The van der Waals surface area contributed by atoms with Crippen LogP contribution >= 0.6 is 12.4 Å². The first-order valence-corrected chi connectivity index (χ1v) is 2.70. The zero-order valence-electron chi connectivity index (χ0n) is 5.36. The van der Waals surface area contributed by atoms with Crippen LogP contribution in [-0.2, 0) is 0 Å². The molecule has 0 unspecified atom stereocenters. The van der Waals surface area contributed by atoms with Gasteiger partial charge in [0.2, 0.25) is 5.92 Å². The summed E-state index contributed by atoms with van der Waals surface area (Å²) in [5.41, 5.74) is 4.91.